The molecule has 5 nitrogen and oxygen atoms in total. The number of anilines is 1. The molecule has 0 saturated carbocycles. The van der Waals surface area contributed by atoms with Crippen molar-refractivity contribution in [1.29, 1.82) is 0 Å². The third kappa shape index (κ3) is 2.62. The summed E-state index contributed by atoms with van der Waals surface area (Å²) in [4.78, 5) is 6.81. The number of piperidine rings is 1. The van der Waals surface area contributed by atoms with Crippen LogP contribution in [0.15, 0.2) is 30.5 Å². The van der Waals surface area contributed by atoms with Crippen LogP contribution in [0.1, 0.15) is 19.3 Å². The van der Waals surface area contributed by atoms with E-state index in [1.165, 1.54) is 0 Å². The van der Waals surface area contributed by atoms with Crippen molar-refractivity contribution in [3.63, 3.8) is 0 Å². The number of aromatic nitrogens is 1. The van der Waals surface area contributed by atoms with Crippen LogP contribution >= 0.6 is 0 Å². The molecule has 1 aromatic heterocycles. The Morgan fingerprint density at radius 3 is 2.88 bits per heavy atom. The maximum Gasteiger partial charge on any atom is 0.150 e. The molecule has 0 amide bonds. The molecule has 1 aromatic carbocycles. The summed E-state index contributed by atoms with van der Waals surface area (Å²) in [6, 6.07) is 7.99. The van der Waals surface area contributed by atoms with Crippen LogP contribution in [0.25, 0.3) is 10.9 Å². The molecule has 24 heavy (non-hydrogen) atoms. The fourth-order valence-electron chi connectivity index (χ4n) is 4.29. The Kier molecular flexibility index (Phi) is 3.67. The molecule has 6 heteroatoms. The van der Waals surface area contributed by atoms with E-state index in [9.17, 15) is 8.42 Å². The first-order chi connectivity index (χ1) is 11.5. The van der Waals surface area contributed by atoms with Gasteiger partial charge in [-0.1, -0.05) is 12.1 Å². The Morgan fingerprint density at radius 2 is 2.12 bits per heavy atom. The number of pyridine rings is 1. The van der Waals surface area contributed by atoms with Gasteiger partial charge in [0.15, 0.2) is 9.84 Å². The lowest BCUT2D eigenvalue weighted by Gasteiger charge is -2.41. The van der Waals surface area contributed by atoms with E-state index >= 15 is 0 Å². The van der Waals surface area contributed by atoms with Crippen LogP contribution in [-0.2, 0) is 9.84 Å². The summed E-state index contributed by atoms with van der Waals surface area (Å²) in [6.45, 7) is 1.76. The number of hydrogen-bond donors (Lipinski definition) is 0. The molecule has 4 rings (SSSR count). The van der Waals surface area contributed by atoms with Crippen molar-refractivity contribution < 1.29 is 13.2 Å². The van der Waals surface area contributed by atoms with Gasteiger partial charge in [0.05, 0.1) is 18.6 Å². The predicted octanol–water partition coefficient (Wildman–Crippen LogP) is 2.65. The van der Waals surface area contributed by atoms with Crippen LogP contribution in [-0.4, -0.2) is 45.1 Å². The zero-order valence-corrected chi connectivity index (χ0v) is 14.7. The highest BCUT2D eigenvalue weighted by Crippen LogP contribution is 2.42. The third-order valence-corrected chi connectivity index (χ3v) is 7.28. The van der Waals surface area contributed by atoms with Crippen molar-refractivity contribution in [1.82, 2.24) is 4.98 Å². The van der Waals surface area contributed by atoms with Gasteiger partial charge in [0.2, 0.25) is 0 Å². The molecular weight excluding hydrogens is 324 g/mol. The van der Waals surface area contributed by atoms with Gasteiger partial charge in [-0.25, -0.2) is 8.42 Å². The van der Waals surface area contributed by atoms with Crippen LogP contribution in [0, 0.1) is 5.41 Å². The number of nitrogens with zero attached hydrogens (tertiary/aromatic N) is 2. The molecule has 0 N–H and O–H groups in total. The summed E-state index contributed by atoms with van der Waals surface area (Å²) in [5.41, 5.74) is 1.91. The average molecular weight is 346 g/mol. The second-order valence-electron chi connectivity index (χ2n) is 7.05. The molecule has 128 valence electrons. The summed E-state index contributed by atoms with van der Waals surface area (Å²) in [7, 11) is -1.22. The van der Waals surface area contributed by atoms with Crippen molar-refractivity contribution >= 4 is 26.4 Å². The van der Waals surface area contributed by atoms with E-state index < -0.39 is 9.84 Å². The SMILES string of the molecule is COc1cccc2c(N3CCCC4(CCS(=O)(=O)C4)C3)ccnc12. The van der Waals surface area contributed by atoms with Gasteiger partial charge in [0.1, 0.15) is 11.3 Å². The second-order valence-corrected chi connectivity index (χ2v) is 9.24. The van der Waals surface area contributed by atoms with Crippen LogP contribution in [0.4, 0.5) is 5.69 Å². The fourth-order valence-corrected chi connectivity index (χ4v) is 6.49. The van der Waals surface area contributed by atoms with Crippen LogP contribution in [0.5, 0.6) is 5.75 Å². The van der Waals surface area contributed by atoms with E-state index in [2.05, 4.69) is 16.0 Å². The highest BCUT2D eigenvalue weighted by molar-refractivity contribution is 7.91. The van der Waals surface area contributed by atoms with Gasteiger partial charge in [-0.15, -0.1) is 0 Å². The number of fused-ring (bicyclic) bond motifs is 1. The molecular formula is C18H22N2O3S. The number of rotatable bonds is 2. The highest BCUT2D eigenvalue weighted by atomic mass is 32.2. The highest BCUT2D eigenvalue weighted by Gasteiger charge is 2.44. The Hall–Kier alpha value is -1.82. The Labute approximate surface area is 142 Å². The van der Waals surface area contributed by atoms with E-state index in [4.69, 9.17) is 4.74 Å². The van der Waals surface area contributed by atoms with Crippen LogP contribution < -0.4 is 9.64 Å². The predicted molar refractivity (Wildman–Crippen MR) is 95.4 cm³/mol. The molecule has 2 aliphatic rings. The van der Waals surface area contributed by atoms with E-state index in [1.54, 1.807) is 7.11 Å². The lowest BCUT2D eigenvalue weighted by atomic mass is 9.79. The number of benzene rings is 1. The number of methoxy groups -OCH3 is 1. The van der Waals surface area contributed by atoms with Gasteiger partial charge < -0.3 is 9.64 Å². The Bertz CT molecular complexity index is 881. The molecule has 1 unspecified atom stereocenters. The Morgan fingerprint density at radius 1 is 1.25 bits per heavy atom. The lowest BCUT2D eigenvalue weighted by molar-refractivity contribution is 0.270. The fraction of sp³-hybridized carbons (Fsp3) is 0.500. The minimum Gasteiger partial charge on any atom is -0.494 e. The second kappa shape index (κ2) is 5.62. The van der Waals surface area contributed by atoms with Gasteiger partial charge in [0, 0.05) is 35.8 Å². The van der Waals surface area contributed by atoms with Crippen molar-refractivity contribution in [2.75, 3.05) is 36.6 Å². The van der Waals surface area contributed by atoms with Gasteiger partial charge >= 0.3 is 0 Å². The first kappa shape index (κ1) is 15.7. The number of ether oxygens (including phenoxy) is 1. The smallest absolute Gasteiger partial charge is 0.150 e. The van der Waals surface area contributed by atoms with E-state index in [-0.39, 0.29) is 5.41 Å². The molecule has 0 aliphatic carbocycles. The molecule has 1 atom stereocenters. The first-order valence-electron chi connectivity index (χ1n) is 8.39. The molecule has 2 fully saturated rings. The first-order valence-corrected chi connectivity index (χ1v) is 10.2. The maximum absolute atomic E-state index is 12.0. The third-order valence-electron chi connectivity index (χ3n) is 5.40. The lowest BCUT2D eigenvalue weighted by Crippen LogP contribution is -2.44. The zero-order valence-electron chi connectivity index (χ0n) is 13.9. The average Bonchev–Trinajstić information content (AvgIpc) is 2.88. The van der Waals surface area contributed by atoms with Crippen LogP contribution in [0.2, 0.25) is 0 Å². The minimum absolute atomic E-state index is 0.0778. The molecule has 1 spiro atoms. The van der Waals surface area contributed by atoms with Gasteiger partial charge in [0.25, 0.3) is 0 Å². The number of sulfone groups is 1. The van der Waals surface area contributed by atoms with Gasteiger partial charge in [-0.3, -0.25) is 4.98 Å². The molecule has 2 saturated heterocycles. The normalized spacial score (nSPS) is 26.1. The zero-order chi connectivity index (χ0) is 16.8. The molecule has 0 bridgehead atoms. The summed E-state index contributed by atoms with van der Waals surface area (Å²) in [5.74, 6) is 1.44. The van der Waals surface area contributed by atoms with Crippen molar-refractivity contribution in [2.24, 2.45) is 5.41 Å². The summed E-state index contributed by atoms with van der Waals surface area (Å²) >= 11 is 0. The summed E-state index contributed by atoms with van der Waals surface area (Å²) in [6.07, 6.45) is 4.64. The standard InChI is InChI=1S/C18H22N2O3S/c1-23-16-5-2-4-14-15(6-9-19-17(14)16)20-10-3-7-18(12-20)8-11-24(21,22)13-18/h2,4-6,9H,3,7-8,10-13H2,1H3. The molecule has 3 heterocycles. The van der Waals surface area contributed by atoms with Crippen LogP contribution in [0.3, 0.4) is 0 Å². The van der Waals surface area contributed by atoms with Gasteiger partial charge in [-0.2, -0.15) is 0 Å². The molecule has 2 aromatic rings. The summed E-state index contributed by atoms with van der Waals surface area (Å²) in [5, 5.41) is 1.06. The van der Waals surface area contributed by atoms with Crippen molar-refractivity contribution in [3.05, 3.63) is 30.5 Å². The topological polar surface area (TPSA) is 59.5 Å². The van der Waals surface area contributed by atoms with E-state index in [1.807, 2.05) is 24.4 Å². The Balaban J connectivity index is 1.73. The molecule has 2 aliphatic heterocycles. The largest absolute Gasteiger partial charge is 0.494 e. The van der Waals surface area contributed by atoms with Crippen molar-refractivity contribution in [2.45, 2.75) is 19.3 Å². The number of hydrogen-bond acceptors (Lipinski definition) is 5. The van der Waals surface area contributed by atoms with Gasteiger partial charge in [-0.05, 0) is 31.4 Å². The van der Waals surface area contributed by atoms with E-state index in [0.717, 1.165) is 54.7 Å². The molecule has 0 radical (unpaired) electrons. The van der Waals surface area contributed by atoms with E-state index in [0.29, 0.717) is 11.5 Å². The monoisotopic (exact) mass is 346 g/mol. The maximum atomic E-state index is 12.0. The number of para-hydroxylation sites is 1. The van der Waals surface area contributed by atoms with Crippen molar-refractivity contribution in [3.8, 4) is 5.75 Å². The summed E-state index contributed by atoms with van der Waals surface area (Å²) < 4.78 is 29.4. The quantitative estimate of drug-likeness (QED) is 0.837. The minimum atomic E-state index is -2.87.